The Bertz CT molecular complexity index is 559. The Morgan fingerprint density at radius 3 is 2.57 bits per heavy atom. The minimum absolute atomic E-state index is 0.0602. The van der Waals surface area contributed by atoms with Crippen molar-refractivity contribution in [3.8, 4) is 0 Å². The van der Waals surface area contributed by atoms with E-state index in [0.717, 1.165) is 0 Å². The van der Waals surface area contributed by atoms with Gasteiger partial charge >= 0.3 is 5.97 Å². The fourth-order valence-corrected chi connectivity index (χ4v) is 1.75. The molecule has 1 atom stereocenters. The summed E-state index contributed by atoms with van der Waals surface area (Å²) in [6, 6.07) is 0.372. The van der Waals surface area contributed by atoms with Gasteiger partial charge in [0.25, 0.3) is 5.91 Å². The molecule has 0 radical (unpaired) electrons. The highest BCUT2D eigenvalue weighted by molar-refractivity contribution is 5.97. The Morgan fingerprint density at radius 2 is 2.05 bits per heavy atom. The molecule has 0 fully saturated rings. The largest absolute Gasteiger partial charge is 0.480 e. The number of hydrogen-bond acceptors (Lipinski definition) is 5. The van der Waals surface area contributed by atoms with E-state index >= 15 is 0 Å². The van der Waals surface area contributed by atoms with Crippen molar-refractivity contribution in [1.82, 2.24) is 15.5 Å². The van der Waals surface area contributed by atoms with Crippen LogP contribution in [0.2, 0.25) is 0 Å². The molecule has 0 aliphatic carbocycles. The molecule has 2 amide bonds. The summed E-state index contributed by atoms with van der Waals surface area (Å²) < 4.78 is 0. The highest BCUT2D eigenvalue weighted by Crippen LogP contribution is 2.09. The predicted molar refractivity (Wildman–Crippen MR) is 73.5 cm³/mol. The summed E-state index contributed by atoms with van der Waals surface area (Å²) >= 11 is 0. The first-order valence-electron chi connectivity index (χ1n) is 6.50. The van der Waals surface area contributed by atoms with E-state index in [1.807, 2.05) is 6.92 Å². The standard InChI is InChI=1S/C13H18N4O4/c1-3-9-8(6-7(2)16-17-9)12(19)15-10(13(20)21)4-5-11(14)18/h6,10H,3-5H2,1-2H3,(H2,14,18)(H,15,19)(H,20,21)/t10-/m0/s1. The number of aliphatic carboxylic acids is 1. The molecule has 0 aliphatic rings. The van der Waals surface area contributed by atoms with Crippen LogP contribution in [0.4, 0.5) is 0 Å². The summed E-state index contributed by atoms with van der Waals surface area (Å²) in [5.74, 6) is -2.39. The first kappa shape index (κ1) is 16.5. The van der Waals surface area contributed by atoms with E-state index in [2.05, 4.69) is 15.5 Å². The molecule has 1 aromatic heterocycles. The average molecular weight is 294 g/mol. The van der Waals surface area contributed by atoms with E-state index < -0.39 is 23.8 Å². The minimum Gasteiger partial charge on any atom is -0.480 e. The molecule has 4 N–H and O–H groups in total. The van der Waals surface area contributed by atoms with Crippen LogP contribution in [0, 0.1) is 6.92 Å². The molecular weight excluding hydrogens is 276 g/mol. The number of hydrogen-bond donors (Lipinski definition) is 3. The van der Waals surface area contributed by atoms with Crippen LogP contribution in [-0.2, 0) is 16.0 Å². The quantitative estimate of drug-likeness (QED) is 0.637. The Balaban J connectivity index is 2.89. The second-order valence-corrected chi connectivity index (χ2v) is 4.57. The molecule has 114 valence electrons. The number of primary amides is 1. The number of carboxylic acids is 1. The van der Waals surface area contributed by atoms with Crippen molar-refractivity contribution in [2.24, 2.45) is 5.73 Å². The zero-order valence-electron chi connectivity index (χ0n) is 11.9. The third-order valence-electron chi connectivity index (χ3n) is 2.85. The van der Waals surface area contributed by atoms with Gasteiger partial charge in [-0.2, -0.15) is 10.2 Å². The van der Waals surface area contributed by atoms with Gasteiger partial charge in [0, 0.05) is 6.42 Å². The third kappa shape index (κ3) is 4.83. The Morgan fingerprint density at radius 1 is 1.38 bits per heavy atom. The zero-order chi connectivity index (χ0) is 16.0. The number of amides is 2. The van der Waals surface area contributed by atoms with Crippen LogP contribution >= 0.6 is 0 Å². The summed E-state index contributed by atoms with van der Waals surface area (Å²) in [7, 11) is 0. The fraction of sp³-hybridized carbons (Fsp3) is 0.462. The molecule has 21 heavy (non-hydrogen) atoms. The number of carboxylic acid groups (broad SMARTS) is 1. The predicted octanol–water partition coefficient (Wildman–Crippen LogP) is -0.204. The molecule has 0 unspecified atom stereocenters. The lowest BCUT2D eigenvalue weighted by Crippen LogP contribution is -2.41. The van der Waals surface area contributed by atoms with Gasteiger partial charge in [-0.1, -0.05) is 6.92 Å². The van der Waals surface area contributed by atoms with E-state index in [1.165, 1.54) is 0 Å². The highest BCUT2D eigenvalue weighted by Gasteiger charge is 2.23. The van der Waals surface area contributed by atoms with Gasteiger partial charge in [0.15, 0.2) is 0 Å². The van der Waals surface area contributed by atoms with Crippen LogP contribution in [0.5, 0.6) is 0 Å². The molecule has 1 heterocycles. The van der Waals surface area contributed by atoms with Gasteiger partial charge in [0.2, 0.25) is 5.91 Å². The summed E-state index contributed by atoms with van der Waals surface area (Å²) in [5.41, 5.74) is 6.31. The van der Waals surface area contributed by atoms with Gasteiger partial charge < -0.3 is 16.2 Å². The number of rotatable bonds is 7. The van der Waals surface area contributed by atoms with Crippen LogP contribution in [-0.4, -0.2) is 39.1 Å². The van der Waals surface area contributed by atoms with Crippen LogP contribution in [0.15, 0.2) is 6.07 Å². The number of aromatic nitrogens is 2. The third-order valence-corrected chi connectivity index (χ3v) is 2.85. The lowest BCUT2D eigenvalue weighted by Gasteiger charge is -2.15. The monoisotopic (exact) mass is 294 g/mol. The van der Waals surface area contributed by atoms with Gasteiger partial charge in [0.1, 0.15) is 6.04 Å². The second-order valence-electron chi connectivity index (χ2n) is 4.57. The van der Waals surface area contributed by atoms with Crippen molar-refractivity contribution in [2.45, 2.75) is 39.2 Å². The first-order chi connectivity index (χ1) is 9.85. The van der Waals surface area contributed by atoms with Gasteiger partial charge in [-0.3, -0.25) is 9.59 Å². The topological polar surface area (TPSA) is 135 Å². The van der Waals surface area contributed by atoms with Crippen LogP contribution in [0.1, 0.15) is 41.5 Å². The zero-order valence-corrected chi connectivity index (χ0v) is 11.9. The second kappa shape index (κ2) is 7.32. The normalized spacial score (nSPS) is 11.7. The fourth-order valence-electron chi connectivity index (χ4n) is 1.75. The Kier molecular flexibility index (Phi) is 5.77. The van der Waals surface area contributed by atoms with Crippen molar-refractivity contribution < 1.29 is 19.5 Å². The summed E-state index contributed by atoms with van der Waals surface area (Å²) in [4.78, 5) is 34.0. The number of nitrogens with one attached hydrogen (secondary N) is 1. The van der Waals surface area contributed by atoms with E-state index in [4.69, 9.17) is 10.8 Å². The van der Waals surface area contributed by atoms with Crippen LogP contribution < -0.4 is 11.1 Å². The molecular formula is C13H18N4O4. The molecule has 0 saturated heterocycles. The number of nitrogens with two attached hydrogens (primary N) is 1. The van der Waals surface area contributed by atoms with Crippen molar-refractivity contribution in [1.29, 1.82) is 0 Å². The van der Waals surface area contributed by atoms with Gasteiger partial charge in [0.05, 0.1) is 17.0 Å². The average Bonchev–Trinajstić information content (AvgIpc) is 2.42. The molecule has 0 bridgehead atoms. The van der Waals surface area contributed by atoms with Crippen molar-refractivity contribution in [3.63, 3.8) is 0 Å². The van der Waals surface area contributed by atoms with Crippen LogP contribution in [0.3, 0.4) is 0 Å². The van der Waals surface area contributed by atoms with E-state index in [0.29, 0.717) is 17.8 Å². The van der Waals surface area contributed by atoms with Gasteiger partial charge in [-0.05, 0) is 25.8 Å². The van der Waals surface area contributed by atoms with Crippen molar-refractivity contribution in [2.75, 3.05) is 0 Å². The molecule has 0 aliphatic heterocycles. The van der Waals surface area contributed by atoms with E-state index in [9.17, 15) is 14.4 Å². The molecule has 0 spiro atoms. The van der Waals surface area contributed by atoms with Gasteiger partial charge in [-0.25, -0.2) is 4.79 Å². The van der Waals surface area contributed by atoms with Crippen molar-refractivity contribution >= 4 is 17.8 Å². The SMILES string of the molecule is CCc1nnc(C)cc1C(=O)N[C@@H](CCC(N)=O)C(=O)O. The maximum Gasteiger partial charge on any atom is 0.326 e. The van der Waals surface area contributed by atoms with E-state index in [1.54, 1.807) is 13.0 Å². The van der Waals surface area contributed by atoms with Crippen LogP contribution in [0.25, 0.3) is 0 Å². The lowest BCUT2D eigenvalue weighted by molar-refractivity contribution is -0.139. The smallest absolute Gasteiger partial charge is 0.326 e. The number of nitrogens with zero attached hydrogens (tertiary/aromatic N) is 2. The number of carbonyl (C=O) groups excluding carboxylic acids is 2. The maximum atomic E-state index is 12.2. The number of carbonyl (C=O) groups is 3. The first-order valence-corrected chi connectivity index (χ1v) is 6.50. The summed E-state index contributed by atoms with van der Waals surface area (Å²) in [6.07, 6.45) is 0.315. The molecule has 0 saturated carbocycles. The molecule has 8 heteroatoms. The maximum absolute atomic E-state index is 12.2. The molecule has 1 aromatic rings. The van der Waals surface area contributed by atoms with Gasteiger partial charge in [-0.15, -0.1) is 0 Å². The minimum atomic E-state index is -1.22. The summed E-state index contributed by atoms with van der Waals surface area (Å²) in [6.45, 7) is 3.50. The summed E-state index contributed by atoms with van der Waals surface area (Å²) in [5, 5.41) is 19.2. The highest BCUT2D eigenvalue weighted by atomic mass is 16.4. The van der Waals surface area contributed by atoms with E-state index in [-0.39, 0.29) is 18.4 Å². The molecule has 1 rings (SSSR count). The molecule has 0 aromatic carbocycles. The molecule has 8 nitrogen and oxygen atoms in total. The van der Waals surface area contributed by atoms with Crippen molar-refractivity contribution in [3.05, 3.63) is 23.0 Å². The Hall–Kier alpha value is -2.51. The Labute approximate surface area is 121 Å². The lowest BCUT2D eigenvalue weighted by atomic mass is 10.1. The number of aryl methyl sites for hydroxylation is 2.